The van der Waals surface area contributed by atoms with Crippen molar-refractivity contribution in [3.8, 4) is 5.75 Å². The molecule has 0 spiro atoms. The molecule has 0 amide bonds. The minimum atomic E-state index is -2.15. The third kappa shape index (κ3) is 6.61. The molecular weight excluding hydrogens is 456 g/mol. The highest BCUT2D eigenvalue weighted by molar-refractivity contribution is 6.74. The number of hydrogen-bond acceptors (Lipinski definition) is 5. The van der Waals surface area contributed by atoms with E-state index < -0.39 is 8.32 Å². The smallest absolute Gasteiger partial charge is 0.248 e. The molecule has 0 saturated heterocycles. The Morgan fingerprint density at radius 1 is 1.03 bits per heavy atom. The number of fused-ring (bicyclic) bond motifs is 1. The van der Waals surface area contributed by atoms with Gasteiger partial charge in [0.1, 0.15) is 5.75 Å². The SMILES string of the molecule is CC(C)(Cc1cccc(CO)c1)NC[C@H](O[Si](C)(C)C(C)(C)C)c1ccc(O)c2[nH]c(=O)ccc12. The first-order chi connectivity index (χ1) is 16.2. The topological polar surface area (TPSA) is 94.6 Å². The number of aliphatic hydroxyl groups is 1. The van der Waals surface area contributed by atoms with E-state index in [0.29, 0.717) is 12.1 Å². The lowest BCUT2D eigenvalue weighted by Gasteiger charge is -2.40. The average molecular weight is 497 g/mol. The highest BCUT2D eigenvalue weighted by Crippen LogP contribution is 2.41. The predicted octanol–water partition coefficient (Wildman–Crippen LogP) is 5.40. The van der Waals surface area contributed by atoms with Crippen LogP contribution in [0.5, 0.6) is 5.75 Å². The van der Waals surface area contributed by atoms with Crippen molar-refractivity contribution in [2.24, 2.45) is 0 Å². The summed E-state index contributed by atoms with van der Waals surface area (Å²) in [6, 6.07) is 14.8. The van der Waals surface area contributed by atoms with Crippen LogP contribution in [0, 0.1) is 0 Å². The van der Waals surface area contributed by atoms with Crippen LogP contribution >= 0.6 is 0 Å². The number of H-pyrrole nitrogens is 1. The fourth-order valence-corrected chi connectivity index (χ4v) is 5.34. The van der Waals surface area contributed by atoms with Crippen LogP contribution in [0.25, 0.3) is 10.9 Å². The molecule has 0 aliphatic heterocycles. The largest absolute Gasteiger partial charge is 0.506 e. The van der Waals surface area contributed by atoms with Crippen molar-refractivity contribution in [1.29, 1.82) is 0 Å². The minimum absolute atomic E-state index is 0.0204. The lowest BCUT2D eigenvalue weighted by Crippen LogP contribution is -2.47. The van der Waals surface area contributed by atoms with Gasteiger partial charge in [0.2, 0.25) is 5.56 Å². The number of aromatic nitrogens is 1. The van der Waals surface area contributed by atoms with Crippen molar-refractivity contribution in [1.82, 2.24) is 10.3 Å². The molecule has 0 fully saturated rings. The molecule has 0 aliphatic rings. The van der Waals surface area contributed by atoms with Gasteiger partial charge in [-0.1, -0.05) is 51.1 Å². The van der Waals surface area contributed by atoms with E-state index >= 15 is 0 Å². The van der Waals surface area contributed by atoms with Crippen LogP contribution in [-0.2, 0) is 17.5 Å². The van der Waals surface area contributed by atoms with Crippen molar-refractivity contribution in [2.75, 3.05) is 6.54 Å². The van der Waals surface area contributed by atoms with Crippen molar-refractivity contribution in [2.45, 2.75) is 77.4 Å². The molecule has 3 rings (SSSR count). The number of phenols is 1. The molecule has 1 aromatic heterocycles. The Hall–Kier alpha value is -2.45. The van der Waals surface area contributed by atoms with E-state index in [4.69, 9.17) is 4.43 Å². The van der Waals surface area contributed by atoms with Crippen molar-refractivity contribution in [3.05, 3.63) is 75.6 Å². The number of hydrogen-bond donors (Lipinski definition) is 4. The van der Waals surface area contributed by atoms with Gasteiger partial charge in [-0.15, -0.1) is 0 Å². The number of rotatable bonds is 9. The second kappa shape index (κ2) is 10.3. The fourth-order valence-electron chi connectivity index (χ4n) is 4.07. The summed E-state index contributed by atoms with van der Waals surface area (Å²) < 4.78 is 6.92. The summed E-state index contributed by atoms with van der Waals surface area (Å²) in [5.74, 6) is 0.0459. The first-order valence-corrected chi connectivity index (χ1v) is 15.1. The summed E-state index contributed by atoms with van der Waals surface area (Å²) in [5, 5.41) is 24.4. The molecule has 2 aromatic carbocycles. The van der Waals surface area contributed by atoms with Gasteiger partial charge in [-0.05, 0) is 67.2 Å². The quantitative estimate of drug-likeness (QED) is 0.298. The standard InChI is InChI=1S/C28H40N2O4Si/c1-27(2,3)35(6,7)34-24(21-11-13-23(32)26-22(21)12-14-25(33)30-26)17-29-28(4,5)16-19-9-8-10-20(15-19)18-31/h8-15,24,29,31-32H,16-18H2,1-7H3,(H,30,33)/t24-/m0/s1. The van der Waals surface area contributed by atoms with Gasteiger partial charge >= 0.3 is 0 Å². The number of nitrogens with one attached hydrogen (secondary N) is 2. The Balaban J connectivity index is 1.95. The average Bonchev–Trinajstić information content (AvgIpc) is 2.76. The maximum atomic E-state index is 11.9. The molecule has 7 heteroatoms. The van der Waals surface area contributed by atoms with E-state index in [9.17, 15) is 15.0 Å². The summed E-state index contributed by atoms with van der Waals surface area (Å²) in [6.07, 6.45) is 0.519. The van der Waals surface area contributed by atoms with Crippen molar-refractivity contribution in [3.63, 3.8) is 0 Å². The van der Waals surface area contributed by atoms with Crippen molar-refractivity contribution < 1.29 is 14.6 Å². The van der Waals surface area contributed by atoms with Crippen LogP contribution in [0.2, 0.25) is 18.1 Å². The zero-order valence-electron chi connectivity index (χ0n) is 22.0. The van der Waals surface area contributed by atoms with E-state index in [0.717, 1.165) is 28.5 Å². The third-order valence-corrected chi connectivity index (χ3v) is 11.6. The Kier molecular flexibility index (Phi) is 7.96. The normalized spacial score (nSPS) is 13.8. The first-order valence-electron chi connectivity index (χ1n) is 12.2. The van der Waals surface area contributed by atoms with Crippen LogP contribution in [0.4, 0.5) is 0 Å². The molecule has 4 N–H and O–H groups in total. The second-order valence-electron chi connectivity index (χ2n) is 11.6. The number of aromatic amines is 1. The molecule has 0 unspecified atom stereocenters. The lowest BCUT2D eigenvalue weighted by atomic mass is 9.93. The van der Waals surface area contributed by atoms with E-state index in [-0.39, 0.29) is 34.6 Å². The van der Waals surface area contributed by atoms with Gasteiger partial charge in [-0.3, -0.25) is 4.79 Å². The van der Waals surface area contributed by atoms with Gasteiger partial charge in [0.05, 0.1) is 18.2 Å². The van der Waals surface area contributed by atoms with Gasteiger partial charge in [0.15, 0.2) is 8.32 Å². The number of aromatic hydroxyl groups is 1. The maximum Gasteiger partial charge on any atom is 0.248 e. The molecule has 3 aromatic rings. The molecule has 1 heterocycles. The second-order valence-corrected chi connectivity index (χ2v) is 16.3. The first kappa shape index (κ1) is 27.1. The zero-order chi connectivity index (χ0) is 26.0. The molecule has 6 nitrogen and oxygen atoms in total. The van der Waals surface area contributed by atoms with Crippen LogP contribution in [-0.4, -0.2) is 35.6 Å². The number of benzene rings is 2. The van der Waals surface area contributed by atoms with Crippen LogP contribution < -0.4 is 10.9 Å². The molecule has 190 valence electrons. The van der Waals surface area contributed by atoms with E-state index in [2.05, 4.69) is 64.1 Å². The Morgan fingerprint density at radius 3 is 2.37 bits per heavy atom. The van der Waals surface area contributed by atoms with Crippen LogP contribution in [0.15, 0.2) is 53.3 Å². The number of phenolic OH excluding ortho intramolecular Hbond substituents is 1. The Morgan fingerprint density at radius 2 is 1.71 bits per heavy atom. The van der Waals surface area contributed by atoms with Gasteiger partial charge < -0.3 is 24.9 Å². The minimum Gasteiger partial charge on any atom is -0.506 e. The maximum absolute atomic E-state index is 11.9. The fraction of sp³-hybridized carbons (Fsp3) is 0.464. The van der Waals surface area contributed by atoms with Gasteiger partial charge in [0, 0.05) is 23.5 Å². The summed E-state index contributed by atoms with van der Waals surface area (Å²) in [6.45, 7) is 16.0. The molecule has 0 aliphatic carbocycles. The van der Waals surface area contributed by atoms with Gasteiger partial charge in [-0.2, -0.15) is 0 Å². The highest BCUT2D eigenvalue weighted by atomic mass is 28.4. The van der Waals surface area contributed by atoms with Crippen molar-refractivity contribution >= 4 is 19.2 Å². The molecular formula is C28H40N2O4Si. The van der Waals surface area contributed by atoms with E-state index in [1.807, 2.05) is 24.3 Å². The third-order valence-electron chi connectivity index (χ3n) is 7.08. The summed E-state index contributed by atoms with van der Waals surface area (Å²) >= 11 is 0. The van der Waals surface area contributed by atoms with Gasteiger partial charge in [0.25, 0.3) is 0 Å². The molecule has 0 bridgehead atoms. The van der Waals surface area contributed by atoms with E-state index in [1.54, 1.807) is 12.1 Å². The molecule has 0 saturated carbocycles. The summed E-state index contributed by atoms with van der Waals surface area (Å²) in [7, 11) is -2.15. The van der Waals surface area contributed by atoms with Gasteiger partial charge in [-0.25, -0.2) is 0 Å². The van der Waals surface area contributed by atoms with Crippen LogP contribution in [0.1, 0.15) is 57.4 Å². The lowest BCUT2D eigenvalue weighted by molar-refractivity contribution is 0.168. The zero-order valence-corrected chi connectivity index (χ0v) is 23.0. The molecule has 35 heavy (non-hydrogen) atoms. The van der Waals surface area contributed by atoms with E-state index in [1.165, 1.54) is 6.07 Å². The molecule has 0 radical (unpaired) electrons. The van der Waals surface area contributed by atoms with Crippen LogP contribution in [0.3, 0.4) is 0 Å². The monoisotopic (exact) mass is 496 g/mol. The summed E-state index contributed by atoms with van der Waals surface area (Å²) in [5.41, 5.74) is 2.94. The molecule has 1 atom stereocenters. The Labute approximate surface area is 209 Å². The number of aliphatic hydroxyl groups excluding tert-OH is 1. The Bertz CT molecular complexity index is 1230. The highest BCUT2D eigenvalue weighted by Gasteiger charge is 2.40. The summed E-state index contributed by atoms with van der Waals surface area (Å²) in [4.78, 5) is 14.7. The predicted molar refractivity (Wildman–Crippen MR) is 145 cm³/mol. The number of pyridine rings is 1.